The van der Waals surface area contributed by atoms with Gasteiger partial charge in [0, 0.05) is 0 Å². The fraction of sp³-hybridized carbons (Fsp3) is 1.00. The van der Waals surface area contributed by atoms with Crippen molar-refractivity contribution in [3.8, 4) is 0 Å². The molecule has 0 radical (unpaired) electrons. The molecule has 0 N–H and O–H groups in total. The second-order valence-electron chi connectivity index (χ2n) is 4.08. The summed E-state index contributed by atoms with van der Waals surface area (Å²) in [5.74, 6) is 1.99. The quantitative estimate of drug-likeness (QED) is 0.497. The van der Waals surface area contributed by atoms with Gasteiger partial charge in [-0.05, 0) is 18.3 Å². The molecule has 0 saturated heterocycles. The molecular weight excluding hydrogens is 144 g/mol. The Morgan fingerprint density at radius 2 is 1.17 bits per heavy atom. The molecule has 0 nitrogen and oxygen atoms in total. The lowest BCUT2D eigenvalue weighted by atomic mass is 9.86. The summed E-state index contributed by atoms with van der Waals surface area (Å²) >= 11 is 0. The van der Waals surface area contributed by atoms with Gasteiger partial charge in [-0.15, -0.1) is 0 Å². The predicted molar refractivity (Wildman–Crippen MR) is 57.4 cm³/mol. The molecule has 0 heterocycles. The highest BCUT2D eigenvalue weighted by Gasteiger charge is 2.11. The van der Waals surface area contributed by atoms with Gasteiger partial charge in [0.1, 0.15) is 0 Å². The fourth-order valence-corrected chi connectivity index (χ4v) is 2.08. The Morgan fingerprint density at radius 1 is 0.750 bits per heavy atom. The molecule has 0 heteroatoms. The minimum Gasteiger partial charge on any atom is -0.0683 e. The first-order chi connectivity index (χ1) is 5.79. The van der Waals surface area contributed by atoms with Crippen LogP contribution >= 0.6 is 0 Å². The highest BCUT2D eigenvalue weighted by atomic mass is 14.2. The highest BCUT2D eigenvalue weighted by Crippen LogP contribution is 2.25. The maximum Gasteiger partial charge on any atom is -0.0440 e. The maximum absolute atomic E-state index is 2.40. The lowest BCUT2D eigenvalue weighted by molar-refractivity contribution is 0.329. The third kappa shape index (κ3) is 5.62. The van der Waals surface area contributed by atoms with E-state index in [1.54, 1.807) is 0 Å². The second-order valence-corrected chi connectivity index (χ2v) is 4.08. The van der Waals surface area contributed by atoms with Gasteiger partial charge in [0.05, 0.1) is 0 Å². The third-order valence-electron chi connectivity index (χ3n) is 2.70. The zero-order chi connectivity index (χ0) is 9.40. The number of rotatable bonds is 0. The molecule has 1 saturated carbocycles. The molecule has 2 unspecified atom stereocenters. The van der Waals surface area contributed by atoms with Gasteiger partial charge in [-0.3, -0.25) is 0 Å². The van der Waals surface area contributed by atoms with E-state index in [9.17, 15) is 0 Å². The van der Waals surface area contributed by atoms with Crippen LogP contribution in [0.5, 0.6) is 0 Å². The van der Waals surface area contributed by atoms with E-state index in [0.717, 1.165) is 11.8 Å². The van der Waals surface area contributed by atoms with Gasteiger partial charge in [0.25, 0.3) is 0 Å². The molecule has 0 spiro atoms. The standard InChI is InChI=1S/C10H20.C2H6/c1-9-6-4-3-5-7-10(2)8-9;1-2/h9-10H,3-8H2,1-2H3;1-2H3. The van der Waals surface area contributed by atoms with Crippen molar-refractivity contribution in [3.05, 3.63) is 0 Å². The monoisotopic (exact) mass is 170 g/mol. The summed E-state index contributed by atoms with van der Waals surface area (Å²) in [4.78, 5) is 0. The smallest absolute Gasteiger partial charge is 0.0440 e. The molecule has 0 aromatic heterocycles. The van der Waals surface area contributed by atoms with Crippen LogP contribution in [0, 0.1) is 11.8 Å². The summed E-state index contributed by atoms with van der Waals surface area (Å²) in [6.07, 6.45) is 8.87. The molecule has 0 aliphatic heterocycles. The Balaban J connectivity index is 0.000000561. The molecule has 1 fully saturated rings. The van der Waals surface area contributed by atoms with E-state index >= 15 is 0 Å². The molecule has 0 amide bonds. The van der Waals surface area contributed by atoms with Gasteiger partial charge >= 0.3 is 0 Å². The zero-order valence-electron chi connectivity index (χ0n) is 9.40. The predicted octanol–water partition coefficient (Wildman–Crippen LogP) is 4.64. The van der Waals surface area contributed by atoms with Crippen LogP contribution < -0.4 is 0 Å². The fourth-order valence-electron chi connectivity index (χ4n) is 2.08. The Hall–Kier alpha value is 0. The molecule has 0 aromatic rings. The van der Waals surface area contributed by atoms with E-state index < -0.39 is 0 Å². The van der Waals surface area contributed by atoms with Gasteiger partial charge in [0.2, 0.25) is 0 Å². The minimum atomic E-state index is 0.996. The van der Waals surface area contributed by atoms with Crippen molar-refractivity contribution in [2.24, 2.45) is 11.8 Å². The Kier molecular flexibility index (Phi) is 7.64. The Labute approximate surface area is 78.8 Å². The summed E-state index contributed by atoms with van der Waals surface area (Å²) in [6.45, 7) is 8.81. The normalized spacial score (nSPS) is 31.0. The van der Waals surface area contributed by atoms with Crippen LogP contribution in [0.1, 0.15) is 66.2 Å². The zero-order valence-corrected chi connectivity index (χ0v) is 9.40. The van der Waals surface area contributed by atoms with Gasteiger partial charge in [-0.2, -0.15) is 0 Å². The first kappa shape index (κ1) is 12.0. The molecule has 12 heavy (non-hydrogen) atoms. The molecule has 1 aliphatic rings. The van der Waals surface area contributed by atoms with Gasteiger partial charge in [-0.25, -0.2) is 0 Å². The van der Waals surface area contributed by atoms with Gasteiger partial charge in [-0.1, -0.05) is 59.8 Å². The van der Waals surface area contributed by atoms with E-state index in [1.165, 1.54) is 38.5 Å². The molecule has 2 atom stereocenters. The molecule has 0 bridgehead atoms. The Bertz CT molecular complexity index is 76.0. The van der Waals surface area contributed by atoms with Crippen LogP contribution in [-0.2, 0) is 0 Å². The van der Waals surface area contributed by atoms with Crippen molar-refractivity contribution in [3.63, 3.8) is 0 Å². The summed E-state index contributed by atoms with van der Waals surface area (Å²) in [5, 5.41) is 0. The van der Waals surface area contributed by atoms with Crippen LogP contribution in [0.4, 0.5) is 0 Å². The van der Waals surface area contributed by atoms with E-state index in [4.69, 9.17) is 0 Å². The van der Waals surface area contributed by atoms with E-state index in [-0.39, 0.29) is 0 Å². The topological polar surface area (TPSA) is 0 Å². The number of hydrogen-bond donors (Lipinski definition) is 0. The molecule has 0 aromatic carbocycles. The van der Waals surface area contributed by atoms with Crippen molar-refractivity contribution in [1.82, 2.24) is 0 Å². The van der Waals surface area contributed by atoms with Crippen LogP contribution in [0.15, 0.2) is 0 Å². The first-order valence-electron chi connectivity index (χ1n) is 5.79. The van der Waals surface area contributed by atoms with Crippen LogP contribution in [0.3, 0.4) is 0 Å². The third-order valence-corrected chi connectivity index (χ3v) is 2.70. The summed E-state index contributed by atoms with van der Waals surface area (Å²) < 4.78 is 0. The molecular formula is C12H26. The SMILES string of the molecule is CC.CC1CCCCCC(C)C1. The second kappa shape index (κ2) is 7.64. The average Bonchev–Trinajstić information content (AvgIpc) is 2.04. The van der Waals surface area contributed by atoms with Crippen LogP contribution in [0.2, 0.25) is 0 Å². The summed E-state index contributed by atoms with van der Waals surface area (Å²) in [5.41, 5.74) is 0. The molecule has 1 aliphatic carbocycles. The van der Waals surface area contributed by atoms with Crippen molar-refractivity contribution in [2.75, 3.05) is 0 Å². The van der Waals surface area contributed by atoms with Crippen molar-refractivity contribution >= 4 is 0 Å². The Morgan fingerprint density at radius 3 is 1.58 bits per heavy atom. The van der Waals surface area contributed by atoms with Crippen molar-refractivity contribution in [1.29, 1.82) is 0 Å². The minimum absolute atomic E-state index is 0.996. The molecule has 74 valence electrons. The number of hydrogen-bond acceptors (Lipinski definition) is 0. The van der Waals surface area contributed by atoms with Gasteiger partial charge < -0.3 is 0 Å². The van der Waals surface area contributed by atoms with Crippen LogP contribution in [-0.4, -0.2) is 0 Å². The maximum atomic E-state index is 2.40. The first-order valence-corrected chi connectivity index (χ1v) is 5.79. The van der Waals surface area contributed by atoms with E-state index in [1.807, 2.05) is 13.8 Å². The van der Waals surface area contributed by atoms with Crippen LogP contribution in [0.25, 0.3) is 0 Å². The molecule has 1 rings (SSSR count). The van der Waals surface area contributed by atoms with Crippen molar-refractivity contribution < 1.29 is 0 Å². The highest BCUT2D eigenvalue weighted by molar-refractivity contribution is 4.63. The lowest BCUT2D eigenvalue weighted by Crippen LogP contribution is -2.06. The van der Waals surface area contributed by atoms with E-state index in [2.05, 4.69) is 13.8 Å². The average molecular weight is 170 g/mol. The van der Waals surface area contributed by atoms with E-state index in [0.29, 0.717) is 0 Å². The lowest BCUT2D eigenvalue weighted by Gasteiger charge is -2.20. The summed E-state index contributed by atoms with van der Waals surface area (Å²) in [7, 11) is 0. The van der Waals surface area contributed by atoms with Crippen molar-refractivity contribution in [2.45, 2.75) is 66.2 Å². The van der Waals surface area contributed by atoms with Gasteiger partial charge in [0.15, 0.2) is 0 Å². The largest absolute Gasteiger partial charge is 0.0683 e. The summed E-state index contributed by atoms with van der Waals surface area (Å²) in [6, 6.07) is 0.